The molecule has 2 heterocycles. The first-order chi connectivity index (χ1) is 10.8. The number of fused-ring (bicyclic) bond motifs is 2. The molecule has 0 amide bonds. The van der Waals surface area contributed by atoms with Crippen molar-refractivity contribution in [3.8, 4) is 0 Å². The van der Waals surface area contributed by atoms with E-state index in [4.69, 9.17) is 0 Å². The Morgan fingerprint density at radius 1 is 1.23 bits per heavy atom. The van der Waals surface area contributed by atoms with Crippen LogP contribution in [-0.4, -0.2) is 47.8 Å². The number of hydrogen-bond donors (Lipinski definition) is 0. The molecule has 4 nitrogen and oxygen atoms in total. The first-order valence-corrected chi connectivity index (χ1v) is 8.71. The Balaban J connectivity index is 1.28. The van der Waals surface area contributed by atoms with Gasteiger partial charge in [-0.2, -0.15) is 5.10 Å². The summed E-state index contributed by atoms with van der Waals surface area (Å²) in [7, 11) is 2.16. The minimum Gasteiger partial charge on any atom is -0.355 e. The summed E-state index contributed by atoms with van der Waals surface area (Å²) in [5, 5.41) is 8.23. The highest BCUT2D eigenvalue weighted by molar-refractivity contribution is 5.36. The minimum absolute atomic E-state index is 0.605. The van der Waals surface area contributed by atoms with Crippen LogP contribution in [0, 0.1) is 17.8 Å². The second-order valence-corrected chi connectivity index (χ2v) is 7.26. The van der Waals surface area contributed by atoms with Crippen LogP contribution in [0.3, 0.4) is 0 Å². The van der Waals surface area contributed by atoms with Gasteiger partial charge in [-0.05, 0) is 55.6 Å². The van der Waals surface area contributed by atoms with Crippen molar-refractivity contribution in [1.82, 2.24) is 15.1 Å². The summed E-state index contributed by atoms with van der Waals surface area (Å²) in [4.78, 5) is 5.00. The molecule has 1 saturated heterocycles. The van der Waals surface area contributed by atoms with Gasteiger partial charge in [0, 0.05) is 38.9 Å². The van der Waals surface area contributed by atoms with E-state index >= 15 is 0 Å². The van der Waals surface area contributed by atoms with E-state index < -0.39 is 0 Å². The predicted molar refractivity (Wildman–Crippen MR) is 88.7 cm³/mol. The van der Waals surface area contributed by atoms with Gasteiger partial charge in [-0.1, -0.05) is 12.2 Å². The van der Waals surface area contributed by atoms with E-state index in [1.165, 1.54) is 45.3 Å². The van der Waals surface area contributed by atoms with Gasteiger partial charge in [-0.3, -0.25) is 0 Å². The smallest absolute Gasteiger partial charge is 0.151 e. The summed E-state index contributed by atoms with van der Waals surface area (Å²) >= 11 is 0. The van der Waals surface area contributed by atoms with Crippen molar-refractivity contribution in [2.75, 3.05) is 31.6 Å². The van der Waals surface area contributed by atoms with Gasteiger partial charge < -0.3 is 9.80 Å². The zero-order valence-corrected chi connectivity index (χ0v) is 13.4. The van der Waals surface area contributed by atoms with E-state index in [2.05, 4.69) is 45.3 Å². The van der Waals surface area contributed by atoms with Gasteiger partial charge >= 0.3 is 0 Å². The maximum atomic E-state index is 4.24. The van der Waals surface area contributed by atoms with E-state index in [0.717, 1.165) is 23.6 Å². The number of piperidine rings is 1. The summed E-state index contributed by atoms with van der Waals surface area (Å²) in [5.74, 6) is 3.70. The second-order valence-electron chi connectivity index (χ2n) is 7.26. The number of likely N-dealkylation sites (tertiary alicyclic amines) is 1. The van der Waals surface area contributed by atoms with Crippen LogP contribution in [0.4, 0.5) is 5.82 Å². The number of nitrogens with zero attached hydrogens (tertiary/aromatic N) is 4. The molecular weight excluding hydrogens is 272 g/mol. The molecule has 1 saturated carbocycles. The van der Waals surface area contributed by atoms with E-state index in [-0.39, 0.29) is 0 Å². The lowest BCUT2D eigenvalue weighted by Crippen LogP contribution is -2.45. The van der Waals surface area contributed by atoms with Gasteiger partial charge in [-0.25, -0.2) is 0 Å². The Hall–Kier alpha value is -1.42. The maximum absolute atomic E-state index is 4.24. The summed E-state index contributed by atoms with van der Waals surface area (Å²) in [6.45, 7) is 3.77. The van der Waals surface area contributed by atoms with Crippen LogP contribution in [0.2, 0.25) is 0 Å². The van der Waals surface area contributed by atoms with E-state index in [1.54, 1.807) is 6.20 Å². The van der Waals surface area contributed by atoms with Crippen molar-refractivity contribution in [3.63, 3.8) is 0 Å². The van der Waals surface area contributed by atoms with Crippen molar-refractivity contribution in [3.05, 3.63) is 30.5 Å². The van der Waals surface area contributed by atoms with E-state index in [1.807, 2.05) is 6.07 Å². The molecule has 2 aliphatic carbocycles. The van der Waals surface area contributed by atoms with Gasteiger partial charge in [0.1, 0.15) is 0 Å². The first kappa shape index (κ1) is 14.2. The normalized spacial score (nSPS) is 31.8. The Morgan fingerprint density at radius 2 is 2.09 bits per heavy atom. The first-order valence-electron chi connectivity index (χ1n) is 8.71. The van der Waals surface area contributed by atoms with Crippen LogP contribution in [-0.2, 0) is 0 Å². The summed E-state index contributed by atoms with van der Waals surface area (Å²) in [6.07, 6.45) is 12.0. The molecule has 2 fully saturated rings. The molecule has 1 aliphatic heterocycles. The lowest BCUT2D eigenvalue weighted by molar-refractivity contribution is 0.171. The quantitative estimate of drug-likeness (QED) is 0.800. The molecule has 2 bridgehead atoms. The fourth-order valence-electron chi connectivity index (χ4n) is 4.59. The Bertz CT molecular complexity index is 521. The fourth-order valence-corrected chi connectivity index (χ4v) is 4.59. The summed E-state index contributed by atoms with van der Waals surface area (Å²) in [5.41, 5.74) is 0. The number of hydrogen-bond acceptors (Lipinski definition) is 4. The summed E-state index contributed by atoms with van der Waals surface area (Å²) in [6, 6.07) is 4.63. The molecule has 22 heavy (non-hydrogen) atoms. The Labute approximate surface area is 133 Å². The van der Waals surface area contributed by atoms with Crippen LogP contribution in [0.15, 0.2) is 30.5 Å². The van der Waals surface area contributed by atoms with Crippen molar-refractivity contribution in [2.24, 2.45) is 17.8 Å². The van der Waals surface area contributed by atoms with Crippen molar-refractivity contribution in [2.45, 2.75) is 31.7 Å². The fraction of sp³-hybridized carbons (Fsp3) is 0.667. The molecule has 0 unspecified atom stereocenters. The predicted octanol–water partition coefficient (Wildman–Crippen LogP) is 2.59. The van der Waals surface area contributed by atoms with Crippen LogP contribution in [0.25, 0.3) is 0 Å². The third-order valence-electron chi connectivity index (χ3n) is 5.93. The maximum Gasteiger partial charge on any atom is 0.151 e. The zero-order valence-electron chi connectivity index (χ0n) is 13.4. The van der Waals surface area contributed by atoms with Gasteiger partial charge in [0.25, 0.3) is 0 Å². The van der Waals surface area contributed by atoms with Crippen LogP contribution in [0.5, 0.6) is 0 Å². The third-order valence-corrected chi connectivity index (χ3v) is 5.93. The number of aromatic nitrogens is 2. The summed E-state index contributed by atoms with van der Waals surface area (Å²) < 4.78 is 0. The molecule has 0 spiro atoms. The van der Waals surface area contributed by atoms with E-state index in [9.17, 15) is 0 Å². The number of rotatable bonds is 4. The average molecular weight is 298 g/mol. The molecule has 0 aromatic carbocycles. The topological polar surface area (TPSA) is 32.3 Å². The molecule has 1 aromatic heterocycles. The molecule has 3 atom stereocenters. The largest absolute Gasteiger partial charge is 0.355 e. The van der Waals surface area contributed by atoms with Crippen LogP contribution >= 0.6 is 0 Å². The number of allylic oxidation sites excluding steroid dienone is 2. The second kappa shape index (κ2) is 5.99. The van der Waals surface area contributed by atoms with Crippen molar-refractivity contribution < 1.29 is 0 Å². The van der Waals surface area contributed by atoms with Crippen LogP contribution in [0.1, 0.15) is 25.7 Å². The molecule has 118 valence electrons. The molecule has 0 radical (unpaired) electrons. The third kappa shape index (κ3) is 2.76. The van der Waals surface area contributed by atoms with Gasteiger partial charge in [0.2, 0.25) is 0 Å². The van der Waals surface area contributed by atoms with Gasteiger partial charge in [0.15, 0.2) is 5.82 Å². The molecule has 4 rings (SSSR count). The molecule has 4 heteroatoms. The minimum atomic E-state index is 0.605. The number of anilines is 1. The lowest BCUT2D eigenvalue weighted by atomic mass is 9.92. The Morgan fingerprint density at radius 3 is 2.73 bits per heavy atom. The molecule has 3 aliphatic rings. The highest BCUT2D eigenvalue weighted by Gasteiger charge is 2.37. The highest BCUT2D eigenvalue weighted by atomic mass is 15.3. The Kier molecular flexibility index (Phi) is 3.87. The highest BCUT2D eigenvalue weighted by Crippen LogP contribution is 2.43. The zero-order chi connectivity index (χ0) is 14.9. The average Bonchev–Trinajstić information content (AvgIpc) is 3.19. The van der Waals surface area contributed by atoms with Gasteiger partial charge in [0.05, 0.1) is 0 Å². The lowest BCUT2D eigenvalue weighted by Gasteiger charge is -2.38. The van der Waals surface area contributed by atoms with Crippen LogP contribution < -0.4 is 4.90 Å². The standard InChI is InChI=1S/C18H26N4/c1-21(18-3-2-8-19-20-18)17-6-9-22(10-7-17)13-16-12-14-4-5-15(16)11-14/h2-5,8,14-17H,6-7,9-13H2,1H3/t14-,15-,16+/m0/s1. The van der Waals surface area contributed by atoms with Gasteiger partial charge in [-0.15, -0.1) is 5.10 Å². The van der Waals surface area contributed by atoms with Crippen molar-refractivity contribution >= 4 is 5.82 Å². The van der Waals surface area contributed by atoms with Crippen molar-refractivity contribution in [1.29, 1.82) is 0 Å². The van der Waals surface area contributed by atoms with E-state index in [0.29, 0.717) is 6.04 Å². The molecule has 0 N–H and O–H groups in total. The SMILES string of the molecule is CN(c1cccnn1)C1CCN(C[C@H]2C[C@H]3C=C[C@H]2C3)CC1. The monoisotopic (exact) mass is 298 g/mol. The molecule has 1 aromatic rings. The molecular formula is C18H26N4.